The fourth-order valence-electron chi connectivity index (χ4n) is 4.02. The van der Waals surface area contributed by atoms with Gasteiger partial charge < -0.3 is 15.5 Å². The molecule has 3 fully saturated rings. The normalized spacial score (nSPS) is 39.9. The Morgan fingerprint density at radius 1 is 1.29 bits per heavy atom. The summed E-state index contributed by atoms with van der Waals surface area (Å²) in [4.78, 5) is 13.5. The van der Waals surface area contributed by atoms with Crippen molar-refractivity contribution in [1.82, 2.24) is 10.2 Å². The van der Waals surface area contributed by atoms with Crippen LogP contribution in [0.4, 0.5) is 0 Å². The van der Waals surface area contributed by atoms with Crippen LogP contribution in [0.25, 0.3) is 0 Å². The third-order valence-electron chi connectivity index (χ3n) is 4.64. The highest BCUT2D eigenvalue weighted by atomic mass is 16.4. The van der Waals surface area contributed by atoms with E-state index in [1.807, 2.05) is 0 Å². The van der Waals surface area contributed by atoms with Gasteiger partial charge in [0.15, 0.2) is 0 Å². The molecule has 0 aromatic heterocycles. The van der Waals surface area contributed by atoms with Gasteiger partial charge >= 0.3 is 5.97 Å². The summed E-state index contributed by atoms with van der Waals surface area (Å²) in [6.45, 7) is 1.56. The lowest BCUT2D eigenvalue weighted by molar-refractivity contribution is -0.144. The Bertz CT molecular complexity index is 316. The number of nitrogens with one attached hydrogen (secondary N) is 1. The van der Waals surface area contributed by atoms with Crippen LogP contribution in [-0.2, 0) is 4.79 Å². The quantitative estimate of drug-likeness (QED) is 0.636. The van der Waals surface area contributed by atoms with Crippen molar-refractivity contribution in [2.24, 2.45) is 0 Å². The molecule has 17 heavy (non-hydrogen) atoms. The molecule has 3 heterocycles. The molecule has 5 nitrogen and oxygen atoms in total. The van der Waals surface area contributed by atoms with Gasteiger partial charge in [0.05, 0.1) is 18.1 Å². The molecule has 3 N–H and O–H groups in total. The van der Waals surface area contributed by atoms with Crippen molar-refractivity contribution in [2.75, 3.05) is 13.1 Å². The van der Waals surface area contributed by atoms with Gasteiger partial charge in [-0.15, -0.1) is 0 Å². The van der Waals surface area contributed by atoms with Crippen molar-refractivity contribution in [3.05, 3.63) is 0 Å². The van der Waals surface area contributed by atoms with Crippen LogP contribution >= 0.6 is 0 Å². The van der Waals surface area contributed by atoms with Crippen LogP contribution in [0.2, 0.25) is 0 Å². The summed E-state index contributed by atoms with van der Waals surface area (Å²) in [5, 5.41) is 22.1. The molecule has 0 amide bonds. The molecule has 0 aliphatic carbocycles. The summed E-state index contributed by atoms with van der Waals surface area (Å²) >= 11 is 0. The number of rotatable bonds is 3. The van der Waals surface area contributed by atoms with E-state index < -0.39 is 5.97 Å². The van der Waals surface area contributed by atoms with Gasteiger partial charge in [0.2, 0.25) is 0 Å². The SMILES string of the molecule is O=C(O)CC1(N2C3CCC2CC(O)C3)CNC1. The number of carboxylic acids is 1. The number of aliphatic hydroxyl groups is 1. The molecule has 0 radical (unpaired) electrons. The zero-order valence-corrected chi connectivity index (χ0v) is 9.93. The van der Waals surface area contributed by atoms with Gasteiger partial charge in [0.25, 0.3) is 0 Å². The number of carbonyl (C=O) groups is 1. The molecule has 2 bridgehead atoms. The minimum Gasteiger partial charge on any atom is -0.481 e. The first-order chi connectivity index (χ1) is 8.11. The summed E-state index contributed by atoms with van der Waals surface area (Å²) in [5.41, 5.74) is -0.183. The average molecular weight is 240 g/mol. The van der Waals surface area contributed by atoms with Gasteiger partial charge in [0, 0.05) is 25.2 Å². The number of hydrogen-bond acceptors (Lipinski definition) is 4. The fourth-order valence-corrected chi connectivity index (χ4v) is 4.02. The van der Waals surface area contributed by atoms with Crippen molar-refractivity contribution in [2.45, 2.75) is 55.8 Å². The van der Waals surface area contributed by atoms with E-state index in [9.17, 15) is 9.90 Å². The predicted octanol–water partition coefficient (Wildman–Crippen LogP) is -0.209. The third-order valence-corrected chi connectivity index (χ3v) is 4.64. The van der Waals surface area contributed by atoms with Crippen molar-refractivity contribution < 1.29 is 15.0 Å². The molecule has 3 rings (SSSR count). The highest BCUT2D eigenvalue weighted by molar-refractivity contribution is 5.69. The Balaban J connectivity index is 1.81. The minimum atomic E-state index is -0.711. The van der Waals surface area contributed by atoms with E-state index in [1.54, 1.807) is 0 Å². The monoisotopic (exact) mass is 240 g/mol. The Kier molecular flexibility index (Phi) is 2.65. The number of carboxylic acid groups (broad SMARTS) is 1. The minimum absolute atomic E-state index is 0.182. The third kappa shape index (κ3) is 1.77. The lowest BCUT2D eigenvalue weighted by Gasteiger charge is -2.55. The summed E-state index contributed by atoms with van der Waals surface area (Å²) in [6.07, 6.45) is 3.91. The molecule has 3 saturated heterocycles. The Hall–Kier alpha value is -0.650. The molecule has 2 atom stereocenters. The highest BCUT2D eigenvalue weighted by Gasteiger charge is 2.54. The number of aliphatic carboxylic acids is 1. The predicted molar refractivity (Wildman–Crippen MR) is 61.7 cm³/mol. The van der Waals surface area contributed by atoms with Crippen LogP contribution in [0.15, 0.2) is 0 Å². The molecule has 96 valence electrons. The standard InChI is InChI=1S/C12H20N2O3/c15-10-3-8-1-2-9(4-10)14(8)12(5-11(16)17)6-13-7-12/h8-10,13,15H,1-7H2,(H,16,17). The van der Waals surface area contributed by atoms with Crippen LogP contribution < -0.4 is 5.32 Å². The van der Waals surface area contributed by atoms with Crippen LogP contribution in [0.1, 0.15) is 32.1 Å². The maximum absolute atomic E-state index is 11.0. The molecule has 2 unspecified atom stereocenters. The molecule has 3 aliphatic rings. The largest absolute Gasteiger partial charge is 0.481 e. The van der Waals surface area contributed by atoms with Crippen molar-refractivity contribution in [3.63, 3.8) is 0 Å². The van der Waals surface area contributed by atoms with Gasteiger partial charge in [-0.25, -0.2) is 0 Å². The van der Waals surface area contributed by atoms with Gasteiger partial charge in [-0.05, 0) is 25.7 Å². The van der Waals surface area contributed by atoms with Crippen LogP contribution in [0.5, 0.6) is 0 Å². The molecule has 3 aliphatic heterocycles. The van der Waals surface area contributed by atoms with E-state index in [1.165, 1.54) is 0 Å². The lowest BCUT2D eigenvalue weighted by atomic mass is 9.82. The first kappa shape index (κ1) is 11.4. The first-order valence-electron chi connectivity index (χ1n) is 6.50. The van der Waals surface area contributed by atoms with E-state index in [-0.39, 0.29) is 18.1 Å². The Morgan fingerprint density at radius 3 is 2.29 bits per heavy atom. The van der Waals surface area contributed by atoms with E-state index in [2.05, 4.69) is 10.2 Å². The lowest BCUT2D eigenvalue weighted by Crippen LogP contribution is -2.73. The summed E-state index contributed by atoms with van der Waals surface area (Å²) < 4.78 is 0. The second kappa shape index (κ2) is 3.93. The molecule has 0 aromatic rings. The molecular weight excluding hydrogens is 220 g/mol. The first-order valence-corrected chi connectivity index (χ1v) is 6.50. The van der Waals surface area contributed by atoms with Crippen molar-refractivity contribution >= 4 is 5.97 Å². The topological polar surface area (TPSA) is 72.8 Å². The summed E-state index contributed by atoms with van der Waals surface area (Å²) in [6, 6.07) is 0.787. The number of hydrogen-bond donors (Lipinski definition) is 3. The second-order valence-corrected chi connectivity index (χ2v) is 5.82. The van der Waals surface area contributed by atoms with Gasteiger partial charge in [-0.1, -0.05) is 0 Å². The summed E-state index contributed by atoms with van der Waals surface area (Å²) in [7, 11) is 0. The van der Waals surface area contributed by atoms with Gasteiger partial charge in [-0.2, -0.15) is 0 Å². The fraction of sp³-hybridized carbons (Fsp3) is 0.917. The molecule has 0 spiro atoms. The summed E-state index contributed by atoms with van der Waals surface area (Å²) in [5.74, 6) is -0.711. The van der Waals surface area contributed by atoms with Crippen LogP contribution in [-0.4, -0.2) is 57.9 Å². The molecular formula is C12H20N2O3. The zero-order valence-electron chi connectivity index (χ0n) is 9.93. The number of nitrogens with zero attached hydrogens (tertiary/aromatic N) is 1. The number of piperidine rings is 1. The Morgan fingerprint density at radius 2 is 1.88 bits per heavy atom. The van der Waals surface area contributed by atoms with E-state index in [0.29, 0.717) is 12.1 Å². The molecule has 5 heteroatoms. The molecule has 0 aromatic carbocycles. The number of fused-ring (bicyclic) bond motifs is 2. The Labute approximate surface area is 101 Å². The van der Waals surface area contributed by atoms with Crippen LogP contribution in [0.3, 0.4) is 0 Å². The van der Waals surface area contributed by atoms with Crippen molar-refractivity contribution in [3.8, 4) is 0 Å². The van der Waals surface area contributed by atoms with Crippen molar-refractivity contribution in [1.29, 1.82) is 0 Å². The maximum atomic E-state index is 11.0. The van der Waals surface area contributed by atoms with E-state index in [0.717, 1.165) is 38.8 Å². The average Bonchev–Trinajstić information content (AvgIpc) is 2.45. The maximum Gasteiger partial charge on any atom is 0.305 e. The second-order valence-electron chi connectivity index (χ2n) is 5.82. The van der Waals surface area contributed by atoms with Gasteiger partial charge in [-0.3, -0.25) is 9.69 Å². The van der Waals surface area contributed by atoms with Crippen LogP contribution in [0, 0.1) is 0 Å². The molecule has 0 saturated carbocycles. The number of aliphatic hydroxyl groups excluding tert-OH is 1. The van der Waals surface area contributed by atoms with E-state index in [4.69, 9.17) is 5.11 Å². The highest BCUT2D eigenvalue weighted by Crippen LogP contribution is 2.43. The van der Waals surface area contributed by atoms with Gasteiger partial charge in [0.1, 0.15) is 0 Å². The van der Waals surface area contributed by atoms with E-state index >= 15 is 0 Å². The smallest absolute Gasteiger partial charge is 0.305 e. The zero-order chi connectivity index (χ0) is 12.0.